The molecule has 9 nitrogen and oxygen atoms in total. The summed E-state index contributed by atoms with van der Waals surface area (Å²) < 4.78 is 1.57. The van der Waals surface area contributed by atoms with E-state index in [1.807, 2.05) is 45.0 Å². The number of nitrogens with zero attached hydrogens (tertiary/aromatic N) is 5. The van der Waals surface area contributed by atoms with Crippen LogP contribution in [0, 0.1) is 5.41 Å². The zero-order chi connectivity index (χ0) is 23.0. The van der Waals surface area contributed by atoms with Gasteiger partial charge >= 0.3 is 0 Å². The molecular formula is C23H28N6O3. The number of carbonyl (C=O) groups excluding carboxylic acids is 2. The molecule has 1 aliphatic heterocycles. The van der Waals surface area contributed by atoms with Crippen molar-refractivity contribution in [3.63, 3.8) is 0 Å². The fraction of sp³-hybridized carbons (Fsp3) is 0.435. The van der Waals surface area contributed by atoms with Crippen molar-refractivity contribution in [2.24, 2.45) is 5.41 Å². The highest BCUT2D eigenvalue weighted by molar-refractivity contribution is 5.90. The highest BCUT2D eigenvalue weighted by Gasteiger charge is 2.45. The van der Waals surface area contributed by atoms with E-state index in [-0.39, 0.29) is 24.8 Å². The number of nitrogens with one attached hydrogen (secondary N) is 1. The van der Waals surface area contributed by atoms with Crippen LogP contribution in [-0.2, 0) is 9.59 Å². The second-order valence-corrected chi connectivity index (χ2v) is 9.30. The first-order valence-electron chi connectivity index (χ1n) is 10.6. The number of rotatable bonds is 4. The van der Waals surface area contributed by atoms with Gasteiger partial charge < -0.3 is 15.3 Å². The van der Waals surface area contributed by atoms with Gasteiger partial charge in [-0.2, -0.15) is 0 Å². The summed E-state index contributed by atoms with van der Waals surface area (Å²) >= 11 is 0. The molecule has 3 atom stereocenters. The molecule has 0 aliphatic carbocycles. The third-order valence-electron chi connectivity index (χ3n) is 5.88. The first kappa shape index (κ1) is 21.9. The van der Waals surface area contributed by atoms with Gasteiger partial charge in [0.1, 0.15) is 17.8 Å². The summed E-state index contributed by atoms with van der Waals surface area (Å²) in [6.07, 6.45) is 4.79. The summed E-state index contributed by atoms with van der Waals surface area (Å²) in [6.45, 7) is 5.95. The maximum atomic E-state index is 13.6. The highest BCUT2D eigenvalue weighted by Crippen LogP contribution is 2.35. The first-order valence-corrected chi connectivity index (χ1v) is 10.6. The molecule has 0 spiro atoms. The molecule has 1 aliphatic rings. The molecule has 0 radical (unpaired) electrons. The Bertz CT molecular complexity index is 1150. The molecule has 1 saturated heterocycles. The quantitative estimate of drug-likeness (QED) is 0.645. The van der Waals surface area contributed by atoms with Gasteiger partial charge in [0.2, 0.25) is 11.8 Å². The van der Waals surface area contributed by atoms with Gasteiger partial charge in [-0.05, 0) is 22.9 Å². The van der Waals surface area contributed by atoms with Crippen LogP contribution in [0.5, 0.6) is 0 Å². The first-order chi connectivity index (χ1) is 15.2. The molecule has 1 fully saturated rings. The number of hydrogen-bond donors (Lipinski definition) is 2. The van der Waals surface area contributed by atoms with Gasteiger partial charge in [0.05, 0.1) is 12.3 Å². The molecule has 2 aromatic heterocycles. The van der Waals surface area contributed by atoms with Crippen LogP contribution in [0.25, 0.3) is 22.0 Å². The van der Waals surface area contributed by atoms with Crippen LogP contribution >= 0.6 is 0 Å². The molecule has 32 heavy (non-hydrogen) atoms. The minimum absolute atomic E-state index is 0.115. The number of likely N-dealkylation sites (N-methyl/N-ethyl adjacent to an activating group) is 1. The molecule has 9 heteroatoms. The van der Waals surface area contributed by atoms with E-state index < -0.39 is 23.6 Å². The van der Waals surface area contributed by atoms with Gasteiger partial charge in [-0.15, -0.1) is 5.10 Å². The van der Waals surface area contributed by atoms with Crippen LogP contribution in [0.3, 0.4) is 0 Å². The average molecular weight is 437 g/mol. The minimum atomic E-state index is -0.736. The number of pyridine rings is 1. The van der Waals surface area contributed by atoms with E-state index in [4.69, 9.17) is 0 Å². The van der Waals surface area contributed by atoms with Crippen LogP contribution in [-0.4, -0.2) is 67.5 Å². The standard InChI is InChI=1S/C23H28N6O3/c1-23(2,3)20(22(32)28-12-17(30)10-19(28)21(31)24-4)29-13-18(26-27-29)15-5-6-16-11-25-8-7-14(16)9-15/h5-9,11,13,17,19-20,30H,10,12H2,1-4H3,(H,24,31)/t17?,19?,20-/m1/s1. The van der Waals surface area contributed by atoms with Crippen LogP contribution in [0.1, 0.15) is 33.2 Å². The monoisotopic (exact) mass is 436 g/mol. The summed E-state index contributed by atoms with van der Waals surface area (Å²) in [7, 11) is 1.53. The number of aliphatic hydroxyl groups is 1. The Morgan fingerprint density at radius 3 is 2.72 bits per heavy atom. The number of aromatic nitrogens is 4. The van der Waals surface area contributed by atoms with Gasteiger partial charge in [0.15, 0.2) is 0 Å². The predicted octanol–water partition coefficient (Wildman–Crippen LogP) is 1.79. The van der Waals surface area contributed by atoms with E-state index in [0.717, 1.165) is 16.3 Å². The lowest BCUT2D eigenvalue weighted by Crippen LogP contribution is -2.49. The number of hydrogen-bond acceptors (Lipinski definition) is 6. The lowest BCUT2D eigenvalue weighted by atomic mass is 9.85. The summed E-state index contributed by atoms with van der Waals surface area (Å²) in [4.78, 5) is 31.6. The van der Waals surface area contributed by atoms with Crippen molar-refractivity contribution < 1.29 is 14.7 Å². The van der Waals surface area contributed by atoms with Crippen molar-refractivity contribution >= 4 is 22.6 Å². The molecule has 168 valence electrons. The van der Waals surface area contributed by atoms with E-state index in [1.165, 1.54) is 11.9 Å². The summed E-state index contributed by atoms with van der Waals surface area (Å²) in [5.41, 5.74) is 1.03. The molecule has 3 heterocycles. The SMILES string of the molecule is CNC(=O)C1CC(O)CN1C(=O)[C@@H](n1cc(-c2ccc3cnccc3c2)nn1)C(C)(C)C. The van der Waals surface area contributed by atoms with Crippen LogP contribution in [0.15, 0.2) is 42.9 Å². The number of carbonyl (C=O) groups is 2. The van der Waals surface area contributed by atoms with Crippen molar-refractivity contribution in [1.29, 1.82) is 0 Å². The largest absolute Gasteiger partial charge is 0.391 e. The Labute approximate surface area is 186 Å². The number of likely N-dealkylation sites (tertiary alicyclic amines) is 1. The van der Waals surface area contributed by atoms with Crippen molar-refractivity contribution in [1.82, 2.24) is 30.2 Å². The van der Waals surface area contributed by atoms with Crippen LogP contribution in [0.4, 0.5) is 0 Å². The lowest BCUT2D eigenvalue weighted by molar-refractivity contribution is -0.144. The van der Waals surface area contributed by atoms with E-state index in [2.05, 4.69) is 20.6 Å². The van der Waals surface area contributed by atoms with Crippen molar-refractivity contribution in [2.45, 2.75) is 45.4 Å². The highest BCUT2D eigenvalue weighted by atomic mass is 16.3. The van der Waals surface area contributed by atoms with Crippen molar-refractivity contribution in [2.75, 3.05) is 13.6 Å². The van der Waals surface area contributed by atoms with Crippen LogP contribution in [0.2, 0.25) is 0 Å². The van der Waals surface area contributed by atoms with Gasteiger partial charge in [0.25, 0.3) is 0 Å². The molecular weight excluding hydrogens is 408 g/mol. The molecule has 2 amide bonds. The van der Waals surface area contributed by atoms with E-state index in [1.54, 1.807) is 23.3 Å². The molecule has 2 unspecified atom stereocenters. The second kappa shape index (κ2) is 8.31. The zero-order valence-corrected chi connectivity index (χ0v) is 18.7. The molecule has 4 rings (SSSR count). The van der Waals surface area contributed by atoms with Crippen LogP contribution < -0.4 is 5.32 Å². The number of β-amino-alcohol motifs (C(OH)–C–C–N with tert-alkyl or cyclic N) is 1. The van der Waals surface area contributed by atoms with Crippen molar-refractivity contribution in [3.05, 3.63) is 42.9 Å². The third kappa shape index (κ3) is 4.08. The fourth-order valence-electron chi connectivity index (χ4n) is 4.29. The van der Waals surface area contributed by atoms with Gasteiger partial charge in [-0.3, -0.25) is 14.6 Å². The molecule has 0 saturated carbocycles. The summed E-state index contributed by atoms with van der Waals surface area (Å²) in [5.74, 6) is -0.545. The Morgan fingerprint density at radius 1 is 1.22 bits per heavy atom. The molecule has 1 aromatic carbocycles. The maximum absolute atomic E-state index is 13.6. The second-order valence-electron chi connectivity index (χ2n) is 9.30. The number of fused-ring (bicyclic) bond motifs is 1. The van der Waals surface area contributed by atoms with E-state index in [0.29, 0.717) is 5.69 Å². The Balaban J connectivity index is 1.68. The van der Waals surface area contributed by atoms with E-state index >= 15 is 0 Å². The fourth-order valence-corrected chi connectivity index (χ4v) is 4.29. The van der Waals surface area contributed by atoms with Crippen molar-refractivity contribution in [3.8, 4) is 11.3 Å². The average Bonchev–Trinajstić information content (AvgIpc) is 3.39. The normalized spacial score (nSPS) is 19.8. The Kier molecular flexibility index (Phi) is 5.68. The molecule has 0 bridgehead atoms. The Morgan fingerprint density at radius 2 is 2.00 bits per heavy atom. The summed E-state index contributed by atoms with van der Waals surface area (Å²) in [5, 5.41) is 23.4. The smallest absolute Gasteiger partial charge is 0.248 e. The zero-order valence-electron chi connectivity index (χ0n) is 18.7. The number of aliphatic hydroxyl groups excluding tert-OH is 1. The van der Waals surface area contributed by atoms with Gasteiger partial charge in [-0.1, -0.05) is 38.1 Å². The Hall–Kier alpha value is -3.33. The predicted molar refractivity (Wildman–Crippen MR) is 119 cm³/mol. The lowest BCUT2D eigenvalue weighted by Gasteiger charge is -2.34. The topological polar surface area (TPSA) is 113 Å². The van der Waals surface area contributed by atoms with Gasteiger partial charge in [-0.25, -0.2) is 4.68 Å². The van der Waals surface area contributed by atoms with Gasteiger partial charge in [0, 0.05) is 43.4 Å². The molecule has 2 N–H and O–H groups in total. The van der Waals surface area contributed by atoms with E-state index in [9.17, 15) is 14.7 Å². The molecule has 3 aromatic rings. The number of amides is 2. The number of benzene rings is 1. The minimum Gasteiger partial charge on any atom is -0.391 e. The third-order valence-corrected chi connectivity index (χ3v) is 5.88. The summed E-state index contributed by atoms with van der Waals surface area (Å²) in [6, 6.07) is 6.48. The maximum Gasteiger partial charge on any atom is 0.248 e.